The van der Waals surface area contributed by atoms with Crippen LogP contribution < -0.4 is 4.90 Å². The van der Waals surface area contributed by atoms with Crippen molar-refractivity contribution < 1.29 is 4.74 Å². The first-order valence-corrected chi connectivity index (χ1v) is 7.64. The van der Waals surface area contributed by atoms with Crippen molar-refractivity contribution in [1.29, 1.82) is 0 Å². The zero-order chi connectivity index (χ0) is 15.4. The van der Waals surface area contributed by atoms with E-state index >= 15 is 0 Å². The minimum absolute atomic E-state index is 0.718. The van der Waals surface area contributed by atoms with Gasteiger partial charge in [0.2, 0.25) is 0 Å². The summed E-state index contributed by atoms with van der Waals surface area (Å²) in [6.07, 6.45) is 5.72. The summed E-state index contributed by atoms with van der Waals surface area (Å²) in [5.41, 5.74) is 1.27. The van der Waals surface area contributed by atoms with E-state index in [-0.39, 0.29) is 0 Å². The number of methoxy groups -OCH3 is 1. The minimum Gasteiger partial charge on any atom is -0.383 e. The molecule has 22 heavy (non-hydrogen) atoms. The number of pyridine rings is 1. The van der Waals surface area contributed by atoms with E-state index in [0.717, 1.165) is 51.0 Å². The number of aryl methyl sites for hydroxylation is 1. The molecule has 2 aromatic rings. The number of hydrogen-bond donors (Lipinski definition) is 0. The fraction of sp³-hybridized carbons (Fsp3) is 0.500. The third-order valence-corrected chi connectivity index (χ3v) is 4.10. The summed E-state index contributed by atoms with van der Waals surface area (Å²) < 4.78 is 7.31. The van der Waals surface area contributed by atoms with E-state index in [2.05, 4.69) is 30.4 Å². The standard InChI is InChI=1S/C16H23N5O/c1-19-7-6-17-15(19)13-20-8-9-21(10-11-22-2)16-14(12-20)4-3-5-18-16/h3-7H,8-13H2,1-2H3. The van der Waals surface area contributed by atoms with Crippen molar-refractivity contribution in [3.8, 4) is 0 Å². The summed E-state index contributed by atoms with van der Waals surface area (Å²) in [6, 6.07) is 4.18. The number of nitrogens with zero attached hydrogens (tertiary/aromatic N) is 5. The number of hydrogen-bond acceptors (Lipinski definition) is 5. The van der Waals surface area contributed by atoms with Crippen LogP contribution in [-0.4, -0.2) is 52.8 Å². The molecule has 6 nitrogen and oxygen atoms in total. The minimum atomic E-state index is 0.718. The van der Waals surface area contributed by atoms with Gasteiger partial charge in [-0.15, -0.1) is 0 Å². The van der Waals surface area contributed by atoms with Crippen LogP contribution in [0.2, 0.25) is 0 Å². The van der Waals surface area contributed by atoms with Crippen LogP contribution in [0, 0.1) is 0 Å². The average Bonchev–Trinajstić information content (AvgIpc) is 2.84. The Morgan fingerprint density at radius 2 is 2.14 bits per heavy atom. The lowest BCUT2D eigenvalue weighted by molar-refractivity contribution is 0.203. The predicted molar refractivity (Wildman–Crippen MR) is 85.6 cm³/mol. The highest BCUT2D eigenvalue weighted by Gasteiger charge is 2.21. The van der Waals surface area contributed by atoms with Crippen LogP contribution in [0.3, 0.4) is 0 Å². The molecule has 0 saturated heterocycles. The summed E-state index contributed by atoms with van der Waals surface area (Å²) in [4.78, 5) is 13.8. The van der Waals surface area contributed by atoms with E-state index in [1.807, 2.05) is 31.7 Å². The first kappa shape index (κ1) is 15.0. The Kier molecular flexibility index (Phi) is 4.70. The quantitative estimate of drug-likeness (QED) is 0.832. The molecule has 0 amide bonds. The van der Waals surface area contributed by atoms with E-state index in [0.29, 0.717) is 0 Å². The van der Waals surface area contributed by atoms with Crippen molar-refractivity contribution in [3.05, 3.63) is 42.1 Å². The average molecular weight is 301 g/mol. The van der Waals surface area contributed by atoms with Gasteiger partial charge in [0, 0.05) is 64.5 Å². The van der Waals surface area contributed by atoms with E-state index < -0.39 is 0 Å². The highest BCUT2D eigenvalue weighted by atomic mass is 16.5. The van der Waals surface area contributed by atoms with Gasteiger partial charge >= 0.3 is 0 Å². The lowest BCUT2D eigenvalue weighted by Gasteiger charge is -2.23. The molecule has 0 bridgehead atoms. The topological polar surface area (TPSA) is 46.4 Å². The Morgan fingerprint density at radius 3 is 2.91 bits per heavy atom. The molecular formula is C16H23N5O. The first-order valence-electron chi connectivity index (χ1n) is 7.64. The van der Waals surface area contributed by atoms with Gasteiger partial charge in [-0.2, -0.15) is 0 Å². The van der Waals surface area contributed by atoms with Crippen molar-refractivity contribution in [1.82, 2.24) is 19.4 Å². The largest absolute Gasteiger partial charge is 0.383 e. The second-order valence-corrected chi connectivity index (χ2v) is 5.63. The third-order valence-electron chi connectivity index (χ3n) is 4.10. The smallest absolute Gasteiger partial charge is 0.133 e. The van der Waals surface area contributed by atoms with Gasteiger partial charge in [0.25, 0.3) is 0 Å². The Hall–Kier alpha value is -1.92. The zero-order valence-electron chi connectivity index (χ0n) is 13.3. The zero-order valence-corrected chi connectivity index (χ0v) is 13.3. The van der Waals surface area contributed by atoms with Crippen LogP contribution in [0.1, 0.15) is 11.4 Å². The van der Waals surface area contributed by atoms with Gasteiger partial charge in [-0.3, -0.25) is 4.90 Å². The SMILES string of the molecule is COCCN1CCN(Cc2nccn2C)Cc2cccnc21. The predicted octanol–water partition coefficient (Wildman–Crippen LogP) is 1.28. The number of fused-ring (bicyclic) bond motifs is 1. The molecule has 0 saturated carbocycles. The third kappa shape index (κ3) is 3.28. The van der Waals surface area contributed by atoms with Crippen LogP contribution in [0.5, 0.6) is 0 Å². The van der Waals surface area contributed by atoms with Crippen molar-refractivity contribution in [2.45, 2.75) is 13.1 Å². The van der Waals surface area contributed by atoms with E-state index in [1.54, 1.807) is 7.11 Å². The molecule has 0 spiro atoms. The summed E-state index contributed by atoms with van der Waals surface area (Å²) in [7, 11) is 3.78. The van der Waals surface area contributed by atoms with Gasteiger partial charge < -0.3 is 14.2 Å². The molecule has 1 aliphatic rings. The molecule has 0 unspecified atom stereocenters. The number of anilines is 1. The van der Waals surface area contributed by atoms with E-state index in [9.17, 15) is 0 Å². The van der Waals surface area contributed by atoms with Gasteiger partial charge in [0.1, 0.15) is 11.6 Å². The van der Waals surface area contributed by atoms with Crippen molar-refractivity contribution in [3.63, 3.8) is 0 Å². The van der Waals surface area contributed by atoms with Crippen molar-refractivity contribution in [2.24, 2.45) is 7.05 Å². The molecule has 0 fully saturated rings. The van der Waals surface area contributed by atoms with Gasteiger partial charge in [0.05, 0.1) is 13.2 Å². The second-order valence-electron chi connectivity index (χ2n) is 5.63. The molecule has 0 aliphatic carbocycles. The summed E-state index contributed by atoms with van der Waals surface area (Å²) in [6.45, 7) is 5.30. The van der Waals surface area contributed by atoms with Gasteiger partial charge in [-0.05, 0) is 6.07 Å². The lowest BCUT2D eigenvalue weighted by atomic mass is 10.2. The Labute approximate surface area is 131 Å². The Balaban J connectivity index is 1.77. The molecular weight excluding hydrogens is 278 g/mol. The molecule has 6 heteroatoms. The maximum atomic E-state index is 5.23. The molecule has 0 aromatic carbocycles. The van der Waals surface area contributed by atoms with Gasteiger partial charge in [-0.25, -0.2) is 9.97 Å². The van der Waals surface area contributed by atoms with Crippen molar-refractivity contribution in [2.75, 3.05) is 38.3 Å². The van der Waals surface area contributed by atoms with Crippen LogP contribution in [-0.2, 0) is 24.9 Å². The number of rotatable bonds is 5. The molecule has 3 heterocycles. The maximum absolute atomic E-state index is 5.23. The summed E-state index contributed by atoms with van der Waals surface area (Å²) in [5.74, 6) is 2.18. The normalized spacial score (nSPS) is 15.6. The molecule has 118 valence electrons. The molecule has 1 aliphatic heterocycles. The fourth-order valence-electron chi connectivity index (χ4n) is 2.83. The van der Waals surface area contributed by atoms with Crippen LogP contribution >= 0.6 is 0 Å². The molecule has 2 aromatic heterocycles. The summed E-state index contributed by atoms with van der Waals surface area (Å²) >= 11 is 0. The second kappa shape index (κ2) is 6.89. The molecule has 0 N–H and O–H groups in total. The fourth-order valence-corrected chi connectivity index (χ4v) is 2.83. The molecule has 0 radical (unpaired) electrons. The van der Waals surface area contributed by atoms with Crippen LogP contribution in [0.4, 0.5) is 5.82 Å². The van der Waals surface area contributed by atoms with E-state index in [1.165, 1.54) is 5.56 Å². The van der Waals surface area contributed by atoms with Crippen molar-refractivity contribution >= 4 is 5.82 Å². The highest BCUT2D eigenvalue weighted by Crippen LogP contribution is 2.22. The molecule has 3 rings (SSSR count). The summed E-state index contributed by atoms with van der Waals surface area (Å²) in [5, 5.41) is 0. The van der Waals surface area contributed by atoms with Gasteiger partial charge in [0.15, 0.2) is 0 Å². The highest BCUT2D eigenvalue weighted by molar-refractivity contribution is 5.47. The number of aromatic nitrogens is 3. The lowest BCUT2D eigenvalue weighted by Crippen LogP contribution is -2.34. The number of ether oxygens (including phenoxy) is 1. The van der Waals surface area contributed by atoms with E-state index in [4.69, 9.17) is 4.74 Å². The maximum Gasteiger partial charge on any atom is 0.133 e. The Bertz CT molecular complexity index is 612. The monoisotopic (exact) mass is 301 g/mol. The Morgan fingerprint density at radius 1 is 1.23 bits per heavy atom. The number of imidazole rings is 1. The van der Waals surface area contributed by atoms with Gasteiger partial charge in [-0.1, -0.05) is 6.07 Å². The first-order chi connectivity index (χ1) is 10.8. The van der Waals surface area contributed by atoms with Crippen LogP contribution in [0.15, 0.2) is 30.7 Å². The molecule has 0 atom stereocenters. The van der Waals surface area contributed by atoms with Crippen LogP contribution in [0.25, 0.3) is 0 Å².